The Morgan fingerprint density at radius 3 is 2.56 bits per heavy atom. The molecule has 1 aliphatic heterocycles. The Labute approximate surface area is 146 Å². The first-order chi connectivity index (χ1) is 12.2. The molecule has 1 N–H and O–H groups in total. The van der Waals surface area contributed by atoms with Gasteiger partial charge < -0.3 is 14.8 Å². The van der Waals surface area contributed by atoms with E-state index in [1.165, 1.54) is 31.4 Å². The van der Waals surface area contributed by atoms with Crippen LogP contribution in [0.3, 0.4) is 0 Å². The van der Waals surface area contributed by atoms with Crippen molar-refractivity contribution in [2.24, 2.45) is 0 Å². The Kier molecular flexibility index (Phi) is 5.46. The van der Waals surface area contributed by atoms with E-state index in [9.17, 15) is 14.4 Å². The van der Waals surface area contributed by atoms with Crippen LogP contribution in [0.1, 0.15) is 35.3 Å². The minimum atomic E-state index is -0.344. The third-order valence-electron chi connectivity index (χ3n) is 4.49. The van der Waals surface area contributed by atoms with Gasteiger partial charge in [-0.2, -0.15) is 5.26 Å². The molecular weight excluding hydrogens is 319 g/mol. The minimum absolute atomic E-state index is 0.285. The van der Waals surface area contributed by atoms with Gasteiger partial charge in [0.1, 0.15) is 17.6 Å². The highest BCUT2D eigenvalue weighted by Crippen LogP contribution is 2.17. The zero-order valence-corrected chi connectivity index (χ0v) is 14.0. The Morgan fingerprint density at radius 1 is 1.16 bits per heavy atom. The van der Waals surface area contributed by atoms with Gasteiger partial charge in [0.25, 0.3) is 5.91 Å². The van der Waals surface area contributed by atoms with Gasteiger partial charge in [0.15, 0.2) is 0 Å². The first-order valence-electron chi connectivity index (χ1n) is 8.57. The van der Waals surface area contributed by atoms with E-state index in [1.807, 2.05) is 0 Å². The van der Waals surface area contributed by atoms with E-state index >= 15 is 0 Å². The number of piperidine rings is 1. The predicted octanol–water partition coefficient (Wildman–Crippen LogP) is 2.70. The fourth-order valence-electron chi connectivity index (χ4n) is 3.17. The molecule has 2 heterocycles. The number of carbonyl (C=O) groups excluding carboxylic acids is 1. The highest BCUT2D eigenvalue weighted by Gasteiger charge is 2.18. The number of nitrogens with zero attached hydrogens (tertiary/aromatic N) is 3. The van der Waals surface area contributed by atoms with Gasteiger partial charge in [-0.05, 0) is 56.3 Å². The van der Waals surface area contributed by atoms with Gasteiger partial charge in [-0.15, -0.1) is 0 Å². The summed E-state index contributed by atoms with van der Waals surface area (Å²) >= 11 is 0. The number of likely N-dealkylation sites (tertiary alicyclic amines) is 1. The predicted molar refractivity (Wildman–Crippen MR) is 93.1 cm³/mol. The smallest absolute Gasteiger partial charge is 0.269 e. The molecule has 1 aliphatic rings. The summed E-state index contributed by atoms with van der Waals surface area (Å²) in [5.74, 6) is -0.633. The Morgan fingerprint density at radius 2 is 1.88 bits per heavy atom. The molecule has 6 heteroatoms. The van der Waals surface area contributed by atoms with Gasteiger partial charge in [-0.25, -0.2) is 4.39 Å². The number of halogens is 1. The number of carbonyl (C=O) groups is 1. The third kappa shape index (κ3) is 4.06. The molecule has 130 valence electrons. The molecule has 0 atom stereocenters. The van der Waals surface area contributed by atoms with E-state index in [2.05, 4.69) is 16.3 Å². The monoisotopic (exact) mass is 340 g/mol. The molecule has 0 radical (unpaired) electrons. The highest BCUT2D eigenvalue weighted by molar-refractivity contribution is 5.95. The molecule has 25 heavy (non-hydrogen) atoms. The van der Waals surface area contributed by atoms with Crippen LogP contribution in [0.15, 0.2) is 36.5 Å². The zero-order chi connectivity index (χ0) is 17.6. The van der Waals surface area contributed by atoms with Crippen LogP contribution in [0.2, 0.25) is 0 Å². The van der Waals surface area contributed by atoms with Crippen LogP contribution >= 0.6 is 0 Å². The first kappa shape index (κ1) is 17.2. The number of nitrogens with one attached hydrogen (secondary N) is 1. The van der Waals surface area contributed by atoms with E-state index in [0.717, 1.165) is 19.6 Å². The van der Waals surface area contributed by atoms with Gasteiger partial charge in [-0.1, -0.05) is 6.42 Å². The molecule has 0 bridgehead atoms. The summed E-state index contributed by atoms with van der Waals surface area (Å²) in [6, 6.07) is 9.49. The summed E-state index contributed by atoms with van der Waals surface area (Å²) in [4.78, 5) is 15.0. The summed E-state index contributed by atoms with van der Waals surface area (Å²) in [7, 11) is 0. The van der Waals surface area contributed by atoms with Crippen LogP contribution in [0.5, 0.6) is 0 Å². The van der Waals surface area contributed by atoms with Crippen molar-refractivity contribution >= 4 is 5.91 Å². The second kappa shape index (κ2) is 7.95. The molecule has 0 saturated carbocycles. The lowest BCUT2D eigenvalue weighted by atomic mass is 10.1. The summed E-state index contributed by atoms with van der Waals surface area (Å²) in [6.07, 6.45) is 5.35. The Balaban J connectivity index is 1.71. The lowest BCUT2D eigenvalue weighted by Crippen LogP contribution is -2.38. The molecule has 1 saturated heterocycles. The first-order valence-corrected chi connectivity index (χ1v) is 8.57. The molecule has 5 nitrogen and oxygen atoms in total. The molecule has 1 amide bonds. The third-order valence-corrected chi connectivity index (χ3v) is 4.49. The number of benzene rings is 1. The highest BCUT2D eigenvalue weighted by atomic mass is 19.1. The molecule has 0 spiro atoms. The molecule has 2 aromatic rings. The van der Waals surface area contributed by atoms with Gasteiger partial charge in [0.05, 0.1) is 5.56 Å². The van der Waals surface area contributed by atoms with Crippen molar-refractivity contribution in [2.45, 2.75) is 19.3 Å². The molecule has 1 fully saturated rings. The molecule has 0 unspecified atom stereocenters. The molecule has 0 aliphatic carbocycles. The van der Waals surface area contributed by atoms with Crippen molar-refractivity contribution in [3.8, 4) is 11.8 Å². The van der Waals surface area contributed by atoms with Crippen molar-refractivity contribution in [1.82, 2.24) is 14.8 Å². The van der Waals surface area contributed by atoms with Gasteiger partial charge in [0, 0.05) is 25.0 Å². The second-order valence-corrected chi connectivity index (χ2v) is 6.19. The fraction of sp³-hybridized carbons (Fsp3) is 0.368. The van der Waals surface area contributed by atoms with E-state index in [1.54, 1.807) is 29.0 Å². The maximum atomic E-state index is 13.1. The van der Waals surface area contributed by atoms with Crippen molar-refractivity contribution in [3.63, 3.8) is 0 Å². The van der Waals surface area contributed by atoms with Crippen LogP contribution in [-0.4, -0.2) is 41.6 Å². The van der Waals surface area contributed by atoms with Gasteiger partial charge >= 0.3 is 0 Å². The average molecular weight is 340 g/mol. The van der Waals surface area contributed by atoms with Crippen molar-refractivity contribution < 1.29 is 9.18 Å². The molecule has 1 aromatic carbocycles. The SMILES string of the molecule is N#Cc1ccn(-c2ccc(F)cc2)c1C(=O)NCCN1CCCCC1. The van der Waals surface area contributed by atoms with E-state index in [-0.39, 0.29) is 17.4 Å². The summed E-state index contributed by atoms with van der Waals surface area (Å²) < 4.78 is 14.7. The zero-order valence-electron chi connectivity index (χ0n) is 14.0. The van der Waals surface area contributed by atoms with Crippen LogP contribution in [0.4, 0.5) is 4.39 Å². The van der Waals surface area contributed by atoms with Gasteiger partial charge in [-0.3, -0.25) is 4.79 Å². The fourth-order valence-corrected chi connectivity index (χ4v) is 3.17. The van der Waals surface area contributed by atoms with E-state index in [0.29, 0.717) is 17.8 Å². The topological polar surface area (TPSA) is 61.1 Å². The molecule has 3 rings (SSSR count). The lowest BCUT2D eigenvalue weighted by Gasteiger charge is -2.26. The van der Waals surface area contributed by atoms with Crippen molar-refractivity contribution in [2.75, 3.05) is 26.2 Å². The minimum Gasteiger partial charge on any atom is -0.349 e. The van der Waals surface area contributed by atoms with Gasteiger partial charge in [0.2, 0.25) is 0 Å². The average Bonchev–Trinajstić information content (AvgIpc) is 3.07. The summed E-state index contributed by atoms with van der Waals surface area (Å²) in [5.41, 5.74) is 1.23. The number of rotatable bonds is 5. The number of aromatic nitrogens is 1. The van der Waals surface area contributed by atoms with E-state index in [4.69, 9.17) is 0 Å². The molecule has 1 aromatic heterocycles. The normalized spacial score (nSPS) is 14.9. The number of hydrogen-bond donors (Lipinski definition) is 1. The summed E-state index contributed by atoms with van der Waals surface area (Å²) in [5, 5.41) is 12.2. The largest absolute Gasteiger partial charge is 0.349 e. The standard InChI is InChI=1S/C19H21FN4O/c20-16-4-6-17(7-5-16)24-12-8-15(14-21)18(24)19(25)22-9-13-23-10-2-1-3-11-23/h4-8,12H,1-3,9-11,13H2,(H,22,25). The van der Waals surface area contributed by atoms with Crippen molar-refractivity contribution in [1.29, 1.82) is 5.26 Å². The lowest BCUT2D eigenvalue weighted by molar-refractivity contribution is 0.0939. The van der Waals surface area contributed by atoms with Crippen LogP contribution in [0, 0.1) is 17.1 Å². The quantitative estimate of drug-likeness (QED) is 0.910. The Hall–Kier alpha value is -2.65. The van der Waals surface area contributed by atoms with Crippen LogP contribution < -0.4 is 5.32 Å². The number of hydrogen-bond acceptors (Lipinski definition) is 3. The summed E-state index contributed by atoms with van der Waals surface area (Å²) in [6.45, 7) is 3.50. The Bertz CT molecular complexity index is 770. The van der Waals surface area contributed by atoms with Crippen molar-refractivity contribution in [3.05, 3.63) is 53.6 Å². The van der Waals surface area contributed by atoms with Crippen LogP contribution in [-0.2, 0) is 0 Å². The van der Waals surface area contributed by atoms with E-state index < -0.39 is 0 Å². The number of amides is 1. The molecular formula is C19H21FN4O. The maximum absolute atomic E-state index is 13.1. The second-order valence-electron chi connectivity index (χ2n) is 6.19. The number of nitriles is 1. The van der Waals surface area contributed by atoms with Crippen LogP contribution in [0.25, 0.3) is 5.69 Å². The maximum Gasteiger partial charge on any atom is 0.269 e.